The fourth-order valence-corrected chi connectivity index (χ4v) is 14.8. The highest BCUT2D eigenvalue weighted by atomic mass is 31.1. The van der Waals surface area contributed by atoms with E-state index in [1.165, 1.54) is 21.2 Å². The van der Waals surface area contributed by atoms with Crippen molar-refractivity contribution in [2.24, 2.45) is 11.8 Å². The lowest BCUT2D eigenvalue weighted by atomic mass is 9.53. The molecule has 46 heavy (non-hydrogen) atoms. The molecule has 6 aromatic rings. The van der Waals surface area contributed by atoms with Crippen LogP contribution in [0.15, 0.2) is 170 Å². The first kappa shape index (κ1) is 29.6. The molecule has 0 amide bonds. The number of hydrogen-bond donors (Lipinski definition) is 0. The molecule has 0 saturated carbocycles. The summed E-state index contributed by atoms with van der Waals surface area (Å²) in [6.45, 7) is 5.21. The van der Waals surface area contributed by atoms with Gasteiger partial charge in [-0.2, -0.15) is 0 Å². The van der Waals surface area contributed by atoms with Gasteiger partial charge in [0.1, 0.15) is 0 Å². The quantitative estimate of drug-likeness (QED) is 0.147. The predicted molar refractivity (Wildman–Crippen MR) is 201 cm³/mol. The Morgan fingerprint density at radius 3 is 0.783 bits per heavy atom. The molecule has 3 aliphatic carbocycles. The van der Waals surface area contributed by atoms with Crippen molar-refractivity contribution in [1.82, 2.24) is 0 Å². The highest BCUT2D eigenvalue weighted by Gasteiger charge is 2.55. The van der Waals surface area contributed by atoms with Gasteiger partial charge >= 0.3 is 0 Å². The van der Waals surface area contributed by atoms with E-state index in [1.54, 1.807) is 22.3 Å². The topological polar surface area (TPSA) is 0 Å². The molecule has 9 rings (SSSR count). The Labute approximate surface area is 277 Å². The molecule has 4 atom stereocenters. The van der Waals surface area contributed by atoms with Gasteiger partial charge in [0.2, 0.25) is 0 Å². The molecule has 0 spiro atoms. The lowest BCUT2D eigenvalue weighted by Gasteiger charge is -2.56. The molecule has 226 valence electrons. The maximum absolute atomic E-state index is 2.61. The van der Waals surface area contributed by atoms with Gasteiger partial charge in [-0.3, -0.25) is 0 Å². The SMILES string of the molecule is C[C@H]([C@H]1C2c3ccccc3C(c3ccccc32)[C@@H]1[C@@H](C)P(c1ccccc1)c1ccccc1)P(c1ccccc1)c1ccccc1. The summed E-state index contributed by atoms with van der Waals surface area (Å²) in [6, 6.07) is 64.6. The molecule has 3 aliphatic rings. The highest BCUT2D eigenvalue weighted by Crippen LogP contribution is 2.66. The molecule has 0 unspecified atom stereocenters. The third-order valence-corrected chi connectivity index (χ3v) is 16.3. The van der Waals surface area contributed by atoms with Crippen molar-refractivity contribution in [1.29, 1.82) is 0 Å². The monoisotopic (exact) mass is 630 g/mol. The van der Waals surface area contributed by atoms with E-state index in [0.717, 1.165) is 0 Å². The molecule has 6 aromatic carbocycles. The average molecular weight is 631 g/mol. The zero-order valence-electron chi connectivity index (χ0n) is 26.5. The van der Waals surface area contributed by atoms with Crippen molar-refractivity contribution < 1.29 is 0 Å². The van der Waals surface area contributed by atoms with Crippen LogP contribution in [0, 0.1) is 11.8 Å². The third kappa shape index (κ3) is 5.08. The number of rotatable bonds is 8. The smallest absolute Gasteiger partial charge is 0.0133 e. The molecule has 2 bridgehead atoms. The van der Waals surface area contributed by atoms with Gasteiger partial charge < -0.3 is 0 Å². The van der Waals surface area contributed by atoms with E-state index in [1.807, 2.05) is 0 Å². The second-order valence-corrected chi connectivity index (χ2v) is 18.1. The van der Waals surface area contributed by atoms with Crippen LogP contribution >= 0.6 is 15.8 Å². The van der Waals surface area contributed by atoms with E-state index in [-0.39, 0.29) is 0 Å². The van der Waals surface area contributed by atoms with Crippen LogP contribution in [0.1, 0.15) is 47.9 Å². The molecule has 0 fully saturated rings. The summed E-state index contributed by atoms with van der Waals surface area (Å²) in [5.41, 5.74) is 7.20. The summed E-state index contributed by atoms with van der Waals surface area (Å²) in [6.07, 6.45) is 0. The van der Waals surface area contributed by atoms with E-state index in [9.17, 15) is 0 Å². The highest BCUT2D eigenvalue weighted by molar-refractivity contribution is 7.74. The predicted octanol–water partition coefficient (Wildman–Crippen LogP) is 9.55. The average Bonchev–Trinajstić information content (AvgIpc) is 3.13. The first-order valence-corrected chi connectivity index (χ1v) is 19.5. The summed E-state index contributed by atoms with van der Waals surface area (Å²) >= 11 is 0. The number of benzene rings is 6. The minimum atomic E-state index is -0.597. The summed E-state index contributed by atoms with van der Waals surface area (Å²) in [5, 5.41) is 5.94. The van der Waals surface area contributed by atoms with Crippen molar-refractivity contribution in [3.8, 4) is 0 Å². The summed E-state index contributed by atoms with van der Waals surface area (Å²) in [4.78, 5) is 0. The van der Waals surface area contributed by atoms with E-state index in [4.69, 9.17) is 0 Å². The lowest BCUT2D eigenvalue weighted by molar-refractivity contribution is 0.226. The maximum atomic E-state index is 2.61. The van der Waals surface area contributed by atoms with Crippen molar-refractivity contribution in [3.63, 3.8) is 0 Å². The second-order valence-electron chi connectivity index (χ2n) is 12.9. The van der Waals surface area contributed by atoms with E-state index < -0.39 is 15.8 Å². The van der Waals surface area contributed by atoms with Gasteiger partial charge in [0, 0.05) is 11.8 Å². The largest absolute Gasteiger partial charge is 0.0622 e. The summed E-state index contributed by atoms with van der Waals surface area (Å²) in [7, 11) is -1.19. The zero-order valence-corrected chi connectivity index (χ0v) is 28.3. The van der Waals surface area contributed by atoms with Gasteiger partial charge in [-0.15, -0.1) is 0 Å². The fourth-order valence-electron chi connectivity index (χ4n) is 8.90. The summed E-state index contributed by atoms with van der Waals surface area (Å²) in [5.74, 6) is 1.74. The molecule has 0 saturated heterocycles. The lowest BCUT2D eigenvalue weighted by Crippen LogP contribution is -2.49. The van der Waals surface area contributed by atoms with Crippen LogP contribution in [0.3, 0.4) is 0 Å². The van der Waals surface area contributed by atoms with Crippen LogP contribution in [-0.4, -0.2) is 11.3 Å². The number of fused-ring (bicyclic) bond motifs is 1. The van der Waals surface area contributed by atoms with Gasteiger partial charge in [0.25, 0.3) is 0 Å². The molecule has 0 aromatic heterocycles. The Bertz CT molecular complexity index is 1640. The fraction of sp³-hybridized carbons (Fsp3) is 0.182. The van der Waals surface area contributed by atoms with Gasteiger partial charge in [-0.1, -0.05) is 184 Å². The molecule has 0 radical (unpaired) electrons. The van der Waals surface area contributed by atoms with E-state index >= 15 is 0 Å². The normalized spacial score (nSPS) is 21.0. The van der Waals surface area contributed by atoms with Crippen LogP contribution < -0.4 is 21.2 Å². The van der Waals surface area contributed by atoms with Crippen LogP contribution in [-0.2, 0) is 0 Å². The molecular formula is C44H40P2. The molecule has 0 heterocycles. The van der Waals surface area contributed by atoms with Crippen LogP contribution in [0.5, 0.6) is 0 Å². The Morgan fingerprint density at radius 1 is 0.326 bits per heavy atom. The zero-order chi connectivity index (χ0) is 31.0. The minimum absolute atomic E-state index is 0.376. The maximum Gasteiger partial charge on any atom is 0.0133 e. The molecule has 0 nitrogen and oxygen atoms in total. The Hall–Kier alpha value is -3.82. The van der Waals surface area contributed by atoms with Crippen LogP contribution in [0.4, 0.5) is 0 Å². The van der Waals surface area contributed by atoms with Gasteiger partial charge in [0.15, 0.2) is 0 Å². The molecule has 2 heteroatoms. The van der Waals surface area contributed by atoms with Crippen LogP contribution in [0.25, 0.3) is 0 Å². The first-order valence-electron chi connectivity index (χ1n) is 16.7. The molecule has 0 N–H and O–H groups in total. The molecular weight excluding hydrogens is 590 g/mol. The third-order valence-electron chi connectivity index (χ3n) is 10.6. The van der Waals surface area contributed by atoms with Crippen molar-refractivity contribution in [2.45, 2.75) is 37.0 Å². The second kappa shape index (κ2) is 12.8. The first-order chi connectivity index (χ1) is 22.7. The van der Waals surface area contributed by atoms with Gasteiger partial charge in [-0.05, 0) is 82.5 Å². The molecule has 0 aliphatic heterocycles. The van der Waals surface area contributed by atoms with E-state index in [2.05, 4.69) is 184 Å². The Kier molecular flexibility index (Phi) is 8.20. The Morgan fingerprint density at radius 2 is 0.543 bits per heavy atom. The van der Waals surface area contributed by atoms with Crippen LogP contribution in [0.2, 0.25) is 0 Å². The van der Waals surface area contributed by atoms with Crippen molar-refractivity contribution in [2.75, 3.05) is 0 Å². The number of hydrogen-bond acceptors (Lipinski definition) is 0. The van der Waals surface area contributed by atoms with Gasteiger partial charge in [0.05, 0.1) is 0 Å². The summed E-state index contributed by atoms with van der Waals surface area (Å²) < 4.78 is 0. The van der Waals surface area contributed by atoms with Gasteiger partial charge in [-0.25, -0.2) is 0 Å². The van der Waals surface area contributed by atoms with E-state index in [0.29, 0.717) is 35.0 Å². The standard InChI is InChI=1S/C44H40P2/c1-31(45(33-19-7-3-8-20-33)34-21-9-4-10-22-34)41-42(32(2)46(35-23-11-5-12-24-35)36-25-13-6-14-26-36)44-39-29-17-15-27-37(39)43(41)38-28-16-18-30-40(38)44/h3-32,41-44H,1-2H3/t31-,32-,41-,42-,43?,44?/m1/s1. The van der Waals surface area contributed by atoms with Crippen molar-refractivity contribution >= 4 is 37.1 Å². The Balaban J connectivity index is 1.36. The minimum Gasteiger partial charge on any atom is -0.0622 e. The van der Waals surface area contributed by atoms with Crippen molar-refractivity contribution in [3.05, 3.63) is 192 Å².